The van der Waals surface area contributed by atoms with Crippen molar-refractivity contribution >= 4 is 17.2 Å². The number of nitrogens with zero attached hydrogens (tertiary/aromatic N) is 4. The Morgan fingerprint density at radius 3 is 2.81 bits per heavy atom. The van der Waals surface area contributed by atoms with Crippen molar-refractivity contribution in [3.8, 4) is 0 Å². The van der Waals surface area contributed by atoms with Gasteiger partial charge in [0.25, 0.3) is 0 Å². The topological polar surface area (TPSA) is 54.7 Å². The summed E-state index contributed by atoms with van der Waals surface area (Å²) < 4.78 is 7.70. The van der Waals surface area contributed by atoms with E-state index in [1.165, 1.54) is 29.7 Å². The van der Waals surface area contributed by atoms with E-state index in [2.05, 4.69) is 58.7 Å². The molecule has 172 valence electrons. The van der Waals surface area contributed by atoms with Crippen LogP contribution in [-0.2, 0) is 17.8 Å². The van der Waals surface area contributed by atoms with Crippen molar-refractivity contribution in [1.82, 2.24) is 24.8 Å². The fourth-order valence-electron chi connectivity index (χ4n) is 4.50. The molecule has 0 amide bonds. The van der Waals surface area contributed by atoms with E-state index >= 15 is 0 Å². The van der Waals surface area contributed by atoms with Gasteiger partial charge >= 0.3 is 0 Å². The zero-order chi connectivity index (χ0) is 22.5. The molecule has 0 radical (unpaired) electrons. The lowest BCUT2D eigenvalue weighted by Crippen LogP contribution is -2.34. The Morgan fingerprint density at radius 2 is 2.03 bits per heavy atom. The average Bonchev–Trinajstić information content (AvgIpc) is 3.10. The fraction of sp³-hybridized carbons (Fsp3) is 0.520. The van der Waals surface area contributed by atoms with Crippen LogP contribution in [0.2, 0.25) is 5.02 Å². The first-order valence-corrected chi connectivity index (χ1v) is 12.0. The molecule has 1 N–H and O–H groups in total. The predicted octanol–water partition coefficient (Wildman–Crippen LogP) is 4.59. The molecule has 32 heavy (non-hydrogen) atoms. The lowest BCUT2D eigenvalue weighted by atomic mass is 9.94. The minimum absolute atomic E-state index is 0.259. The van der Waals surface area contributed by atoms with Gasteiger partial charge < -0.3 is 10.1 Å². The van der Waals surface area contributed by atoms with Gasteiger partial charge in [0.2, 0.25) is 0 Å². The van der Waals surface area contributed by atoms with Gasteiger partial charge in [-0.2, -0.15) is 5.10 Å². The lowest BCUT2D eigenvalue weighted by molar-refractivity contribution is 0.0807. The molecular weight excluding hydrogens is 422 g/mol. The van der Waals surface area contributed by atoms with Gasteiger partial charge in [-0.3, -0.25) is 4.90 Å². The van der Waals surface area contributed by atoms with Crippen LogP contribution in [0.3, 0.4) is 0 Å². The summed E-state index contributed by atoms with van der Waals surface area (Å²) in [5, 5.41) is 9.15. The van der Waals surface area contributed by atoms with Gasteiger partial charge in [-0.1, -0.05) is 23.7 Å². The van der Waals surface area contributed by atoms with Crippen molar-refractivity contribution in [1.29, 1.82) is 0 Å². The van der Waals surface area contributed by atoms with Crippen LogP contribution in [0.4, 0.5) is 0 Å². The molecule has 1 aliphatic heterocycles. The molecule has 1 aliphatic rings. The second-order valence-corrected chi connectivity index (χ2v) is 9.40. The maximum absolute atomic E-state index is 6.05. The monoisotopic (exact) mass is 455 g/mol. The molecule has 3 heterocycles. The van der Waals surface area contributed by atoms with Crippen LogP contribution in [0.1, 0.15) is 55.1 Å². The van der Waals surface area contributed by atoms with Gasteiger partial charge in [0, 0.05) is 48.9 Å². The molecule has 7 heteroatoms. The van der Waals surface area contributed by atoms with E-state index in [1.807, 2.05) is 18.3 Å². The maximum Gasteiger partial charge on any atom is 0.159 e. The third kappa shape index (κ3) is 5.67. The molecule has 0 bridgehead atoms. The highest BCUT2D eigenvalue weighted by Gasteiger charge is 2.25. The van der Waals surface area contributed by atoms with Crippen molar-refractivity contribution in [3.63, 3.8) is 0 Å². The highest BCUT2D eigenvalue weighted by Crippen LogP contribution is 2.29. The summed E-state index contributed by atoms with van der Waals surface area (Å²) in [6.07, 6.45) is 4.56. The number of rotatable bonds is 9. The average molecular weight is 456 g/mol. The third-order valence-electron chi connectivity index (χ3n) is 6.12. The highest BCUT2D eigenvalue weighted by molar-refractivity contribution is 6.30. The van der Waals surface area contributed by atoms with E-state index < -0.39 is 0 Å². The molecule has 4 rings (SSSR count). The number of aryl methyl sites for hydroxylation is 1. The van der Waals surface area contributed by atoms with E-state index in [0.29, 0.717) is 12.5 Å². The van der Waals surface area contributed by atoms with Crippen molar-refractivity contribution < 1.29 is 4.74 Å². The number of hydrogen-bond donors (Lipinski definition) is 1. The largest absolute Gasteiger partial charge is 0.377 e. The smallest absolute Gasteiger partial charge is 0.159 e. The number of halogens is 1. The van der Waals surface area contributed by atoms with Gasteiger partial charge in [-0.25, -0.2) is 9.50 Å². The number of aromatic nitrogens is 3. The molecule has 0 spiro atoms. The Morgan fingerprint density at radius 1 is 1.22 bits per heavy atom. The van der Waals surface area contributed by atoms with Crippen LogP contribution in [-0.4, -0.2) is 51.8 Å². The number of ether oxygens (including phenoxy) is 1. The van der Waals surface area contributed by atoms with E-state index in [4.69, 9.17) is 21.4 Å². The quantitative estimate of drug-likeness (QED) is 0.478. The minimum atomic E-state index is 0.259. The van der Waals surface area contributed by atoms with Crippen LogP contribution in [0, 0.1) is 6.92 Å². The first kappa shape index (κ1) is 23.2. The van der Waals surface area contributed by atoms with Crippen molar-refractivity contribution in [3.05, 3.63) is 64.1 Å². The Labute approximate surface area is 195 Å². The SMILES string of the molecule is Cc1nn2c(C3CCCN(Cc4ccc(Cl)cc4)C3)ccnc2c1CNCCOC(C)C. The van der Waals surface area contributed by atoms with Gasteiger partial charge in [-0.05, 0) is 63.9 Å². The normalized spacial score (nSPS) is 17.5. The summed E-state index contributed by atoms with van der Waals surface area (Å²) in [5.41, 5.74) is 5.74. The number of fused-ring (bicyclic) bond motifs is 1. The number of piperidine rings is 1. The van der Waals surface area contributed by atoms with Crippen molar-refractivity contribution in [2.45, 2.75) is 58.7 Å². The molecule has 1 saturated heterocycles. The number of hydrogen-bond acceptors (Lipinski definition) is 5. The van der Waals surface area contributed by atoms with Crippen LogP contribution < -0.4 is 5.32 Å². The molecule has 6 nitrogen and oxygen atoms in total. The molecule has 0 aliphatic carbocycles. The van der Waals surface area contributed by atoms with Gasteiger partial charge in [-0.15, -0.1) is 0 Å². The minimum Gasteiger partial charge on any atom is -0.377 e. The summed E-state index contributed by atoms with van der Waals surface area (Å²) >= 11 is 6.05. The standard InChI is InChI=1S/C25H34ClN5O/c1-18(2)32-14-12-27-15-23-19(3)29-31-24(10-11-28-25(23)31)21-5-4-13-30(17-21)16-20-6-8-22(26)9-7-20/h6-11,18,21,27H,4-5,12-17H2,1-3H3. The Balaban J connectivity index is 1.46. The predicted molar refractivity (Wildman–Crippen MR) is 129 cm³/mol. The zero-order valence-electron chi connectivity index (χ0n) is 19.4. The van der Waals surface area contributed by atoms with Crippen LogP contribution in [0.25, 0.3) is 5.65 Å². The molecule has 3 aromatic rings. The molecular formula is C25H34ClN5O. The van der Waals surface area contributed by atoms with E-state index in [9.17, 15) is 0 Å². The number of benzene rings is 1. The summed E-state index contributed by atoms with van der Waals surface area (Å²) in [4.78, 5) is 7.22. The van der Waals surface area contributed by atoms with E-state index in [0.717, 1.165) is 49.1 Å². The number of likely N-dealkylation sites (tertiary alicyclic amines) is 1. The summed E-state index contributed by atoms with van der Waals surface area (Å²) in [5.74, 6) is 0.445. The highest BCUT2D eigenvalue weighted by atomic mass is 35.5. The Hall–Kier alpha value is -1.99. The van der Waals surface area contributed by atoms with Crippen molar-refractivity contribution in [2.24, 2.45) is 0 Å². The maximum atomic E-state index is 6.05. The first-order chi connectivity index (χ1) is 15.5. The molecule has 1 atom stereocenters. The van der Waals surface area contributed by atoms with Gasteiger partial charge in [0.15, 0.2) is 5.65 Å². The molecule has 1 fully saturated rings. The van der Waals surface area contributed by atoms with Crippen LogP contribution >= 0.6 is 11.6 Å². The van der Waals surface area contributed by atoms with Gasteiger partial charge in [0.1, 0.15) is 0 Å². The summed E-state index contributed by atoms with van der Waals surface area (Å²) in [6.45, 7) is 11.6. The molecule has 2 aromatic heterocycles. The second-order valence-electron chi connectivity index (χ2n) is 8.97. The van der Waals surface area contributed by atoms with Crippen LogP contribution in [0.15, 0.2) is 36.5 Å². The van der Waals surface area contributed by atoms with Crippen LogP contribution in [0.5, 0.6) is 0 Å². The first-order valence-electron chi connectivity index (χ1n) is 11.6. The number of nitrogens with one attached hydrogen (secondary N) is 1. The molecule has 1 aromatic carbocycles. The fourth-order valence-corrected chi connectivity index (χ4v) is 4.63. The lowest BCUT2D eigenvalue weighted by Gasteiger charge is -2.33. The zero-order valence-corrected chi connectivity index (χ0v) is 20.1. The van der Waals surface area contributed by atoms with Gasteiger partial charge in [0.05, 0.1) is 24.1 Å². The molecule has 1 unspecified atom stereocenters. The molecule has 0 saturated carbocycles. The van der Waals surface area contributed by atoms with E-state index in [-0.39, 0.29) is 6.10 Å². The summed E-state index contributed by atoms with van der Waals surface area (Å²) in [7, 11) is 0. The third-order valence-corrected chi connectivity index (χ3v) is 6.37. The van der Waals surface area contributed by atoms with E-state index in [1.54, 1.807) is 0 Å². The Bertz CT molecular complexity index is 1020. The van der Waals surface area contributed by atoms with Crippen molar-refractivity contribution in [2.75, 3.05) is 26.2 Å². The Kier molecular flexibility index (Phi) is 7.79. The summed E-state index contributed by atoms with van der Waals surface area (Å²) in [6, 6.07) is 10.3. The second kappa shape index (κ2) is 10.8.